The van der Waals surface area contributed by atoms with E-state index in [1.54, 1.807) is 0 Å². The van der Waals surface area contributed by atoms with Gasteiger partial charge in [0, 0.05) is 0 Å². The fourth-order valence-electron chi connectivity index (χ4n) is 2.60. The molecule has 2 N–H and O–H groups in total. The number of alkyl carbamates (subject to hydrolysis) is 1. The van der Waals surface area contributed by atoms with E-state index in [4.69, 9.17) is 9.47 Å². The van der Waals surface area contributed by atoms with Crippen molar-refractivity contribution in [2.24, 2.45) is 17.8 Å². The summed E-state index contributed by atoms with van der Waals surface area (Å²) < 4.78 is 10.5. The average molecular weight is 243 g/mol. The van der Waals surface area contributed by atoms with Crippen LogP contribution in [0.4, 0.5) is 4.79 Å². The van der Waals surface area contributed by atoms with Gasteiger partial charge in [-0.25, -0.2) is 4.79 Å². The molecular formula is C12H21NO4. The van der Waals surface area contributed by atoms with E-state index in [0.717, 1.165) is 13.2 Å². The minimum Gasteiger partial charge on any atom is -0.444 e. The Kier molecular flexibility index (Phi) is 3.32. The van der Waals surface area contributed by atoms with E-state index in [1.165, 1.54) is 0 Å². The van der Waals surface area contributed by atoms with Crippen molar-refractivity contribution in [3.63, 3.8) is 0 Å². The predicted octanol–water partition coefficient (Wildman–Crippen LogP) is 0.764. The number of fused-ring (bicyclic) bond motifs is 1. The maximum Gasteiger partial charge on any atom is 0.407 e. The van der Waals surface area contributed by atoms with Crippen molar-refractivity contribution in [3.8, 4) is 0 Å². The molecule has 1 saturated heterocycles. The fraction of sp³-hybridized carbons (Fsp3) is 0.917. The molecule has 0 aromatic heterocycles. The van der Waals surface area contributed by atoms with Crippen LogP contribution in [0.2, 0.25) is 0 Å². The second-order valence-electron chi connectivity index (χ2n) is 5.88. The van der Waals surface area contributed by atoms with Crippen molar-refractivity contribution in [2.75, 3.05) is 19.8 Å². The van der Waals surface area contributed by atoms with Gasteiger partial charge in [-0.3, -0.25) is 0 Å². The predicted molar refractivity (Wildman–Crippen MR) is 61.5 cm³/mol. The molecule has 2 unspecified atom stereocenters. The Bertz CT molecular complexity index is 289. The molecule has 0 radical (unpaired) electrons. The molecule has 5 nitrogen and oxygen atoms in total. The van der Waals surface area contributed by atoms with Gasteiger partial charge in [0.1, 0.15) is 5.60 Å². The number of rotatable bonds is 3. The third-order valence-corrected chi connectivity index (χ3v) is 3.38. The van der Waals surface area contributed by atoms with E-state index in [0.29, 0.717) is 17.8 Å². The smallest absolute Gasteiger partial charge is 0.407 e. The molecule has 0 bridgehead atoms. The summed E-state index contributed by atoms with van der Waals surface area (Å²) in [4.78, 5) is 11.6. The van der Waals surface area contributed by atoms with E-state index in [9.17, 15) is 9.90 Å². The van der Waals surface area contributed by atoms with E-state index in [1.807, 2.05) is 20.8 Å². The van der Waals surface area contributed by atoms with Crippen LogP contribution in [0.1, 0.15) is 20.8 Å². The van der Waals surface area contributed by atoms with Crippen LogP contribution in [-0.2, 0) is 9.47 Å². The molecule has 2 fully saturated rings. The Morgan fingerprint density at radius 2 is 2.06 bits per heavy atom. The van der Waals surface area contributed by atoms with Crippen molar-refractivity contribution in [1.29, 1.82) is 0 Å². The highest BCUT2D eigenvalue weighted by molar-refractivity contribution is 5.68. The highest BCUT2D eigenvalue weighted by atomic mass is 16.6. The minimum atomic E-state index is -0.507. The van der Waals surface area contributed by atoms with Crippen LogP contribution in [0.15, 0.2) is 0 Å². The molecule has 5 heteroatoms. The molecule has 1 aliphatic carbocycles. The number of aliphatic hydroxyl groups is 1. The summed E-state index contributed by atoms with van der Waals surface area (Å²) in [7, 11) is 0. The number of amides is 1. The minimum absolute atomic E-state index is 0.0447. The molecule has 1 amide bonds. The molecule has 0 aromatic carbocycles. The zero-order valence-corrected chi connectivity index (χ0v) is 10.6. The van der Waals surface area contributed by atoms with Crippen molar-refractivity contribution >= 4 is 6.09 Å². The van der Waals surface area contributed by atoms with E-state index in [-0.39, 0.29) is 12.6 Å². The number of hydrogen-bond donors (Lipinski definition) is 2. The van der Waals surface area contributed by atoms with Gasteiger partial charge in [0.2, 0.25) is 0 Å². The third kappa shape index (κ3) is 2.90. The normalized spacial score (nSPS) is 32.8. The Labute approximate surface area is 101 Å². The summed E-state index contributed by atoms with van der Waals surface area (Å²) in [5, 5.41) is 12.1. The summed E-state index contributed by atoms with van der Waals surface area (Å²) in [6.45, 7) is 6.92. The highest BCUT2D eigenvalue weighted by Crippen LogP contribution is 2.52. The summed E-state index contributed by atoms with van der Waals surface area (Å²) in [5.74, 6) is 1.35. The number of carbonyl (C=O) groups excluding carboxylic acids is 1. The molecule has 98 valence electrons. The van der Waals surface area contributed by atoms with Gasteiger partial charge in [-0.05, 0) is 38.5 Å². The van der Waals surface area contributed by atoms with Gasteiger partial charge in [-0.15, -0.1) is 0 Å². The lowest BCUT2D eigenvalue weighted by Crippen LogP contribution is -2.43. The van der Waals surface area contributed by atoms with Crippen molar-refractivity contribution in [3.05, 3.63) is 0 Å². The Balaban J connectivity index is 1.82. The van der Waals surface area contributed by atoms with Crippen LogP contribution in [0.25, 0.3) is 0 Å². The first kappa shape index (κ1) is 12.6. The third-order valence-electron chi connectivity index (χ3n) is 3.38. The molecule has 1 heterocycles. The van der Waals surface area contributed by atoms with Gasteiger partial charge in [0.25, 0.3) is 0 Å². The monoisotopic (exact) mass is 243 g/mol. The highest BCUT2D eigenvalue weighted by Gasteiger charge is 2.57. The Hall–Kier alpha value is -0.810. The van der Waals surface area contributed by atoms with E-state index in [2.05, 4.69) is 5.32 Å². The van der Waals surface area contributed by atoms with Crippen LogP contribution in [-0.4, -0.2) is 42.7 Å². The van der Waals surface area contributed by atoms with Gasteiger partial charge in [-0.2, -0.15) is 0 Å². The van der Waals surface area contributed by atoms with Crippen molar-refractivity contribution < 1.29 is 19.4 Å². The number of carbonyl (C=O) groups is 1. The Morgan fingerprint density at radius 3 is 2.53 bits per heavy atom. The van der Waals surface area contributed by atoms with Crippen LogP contribution in [0.3, 0.4) is 0 Å². The van der Waals surface area contributed by atoms with E-state index >= 15 is 0 Å². The van der Waals surface area contributed by atoms with Crippen molar-refractivity contribution in [2.45, 2.75) is 32.4 Å². The zero-order valence-electron chi connectivity index (χ0n) is 10.6. The number of nitrogens with one attached hydrogen (secondary N) is 1. The van der Waals surface area contributed by atoms with Gasteiger partial charge in [-0.1, -0.05) is 0 Å². The molecule has 0 aromatic rings. The lowest BCUT2D eigenvalue weighted by Gasteiger charge is -2.23. The summed E-state index contributed by atoms with van der Waals surface area (Å²) >= 11 is 0. The first-order valence-corrected chi connectivity index (χ1v) is 6.10. The largest absolute Gasteiger partial charge is 0.444 e. The molecule has 2 aliphatic rings. The summed E-state index contributed by atoms with van der Waals surface area (Å²) in [6, 6.07) is -0.205. The lowest BCUT2D eigenvalue weighted by molar-refractivity contribution is 0.0453. The number of aliphatic hydroxyl groups excluding tert-OH is 1. The fourth-order valence-corrected chi connectivity index (χ4v) is 2.60. The van der Waals surface area contributed by atoms with Gasteiger partial charge in [0.15, 0.2) is 0 Å². The maximum atomic E-state index is 11.6. The maximum absolute atomic E-state index is 11.6. The van der Waals surface area contributed by atoms with Crippen LogP contribution >= 0.6 is 0 Å². The standard InChI is InChI=1S/C12H21NO4/c1-12(2,3)17-11(15)13-9(4-14)10-7-5-16-6-8(7)10/h7-10,14H,4-6H2,1-3H3,(H,13,15)/t7-,8+,9?,10?. The first-order valence-electron chi connectivity index (χ1n) is 6.10. The van der Waals surface area contributed by atoms with Gasteiger partial charge >= 0.3 is 6.09 Å². The molecule has 2 rings (SSSR count). The van der Waals surface area contributed by atoms with E-state index < -0.39 is 11.7 Å². The van der Waals surface area contributed by atoms with Crippen molar-refractivity contribution in [1.82, 2.24) is 5.32 Å². The quantitative estimate of drug-likeness (QED) is 0.768. The molecule has 0 spiro atoms. The second-order valence-corrected chi connectivity index (χ2v) is 5.88. The van der Waals surface area contributed by atoms with Crippen LogP contribution in [0.5, 0.6) is 0 Å². The van der Waals surface area contributed by atoms with Crippen LogP contribution in [0, 0.1) is 17.8 Å². The zero-order chi connectivity index (χ0) is 12.6. The van der Waals surface area contributed by atoms with Gasteiger partial charge in [0.05, 0.1) is 25.9 Å². The average Bonchev–Trinajstić information content (AvgIpc) is 2.67. The second kappa shape index (κ2) is 4.46. The van der Waals surface area contributed by atoms with Crippen LogP contribution < -0.4 is 5.32 Å². The molecule has 17 heavy (non-hydrogen) atoms. The number of hydrogen-bond acceptors (Lipinski definition) is 4. The summed E-state index contributed by atoms with van der Waals surface area (Å²) in [5.41, 5.74) is -0.507. The SMILES string of the molecule is CC(C)(C)OC(=O)NC(CO)C1[C@H]2COC[C@@H]12. The Morgan fingerprint density at radius 1 is 1.47 bits per heavy atom. The number of ether oxygens (including phenoxy) is 2. The van der Waals surface area contributed by atoms with Gasteiger partial charge < -0.3 is 19.9 Å². The molecular weight excluding hydrogens is 222 g/mol. The molecule has 1 aliphatic heterocycles. The topological polar surface area (TPSA) is 67.8 Å². The summed E-state index contributed by atoms with van der Waals surface area (Å²) in [6.07, 6.45) is -0.456. The molecule has 1 saturated carbocycles. The lowest BCUT2D eigenvalue weighted by atomic mass is 10.1. The first-order chi connectivity index (χ1) is 7.92. The molecule has 4 atom stereocenters.